The summed E-state index contributed by atoms with van der Waals surface area (Å²) in [6, 6.07) is 7.47. The second-order valence-electron chi connectivity index (χ2n) is 6.17. The zero-order valence-corrected chi connectivity index (χ0v) is 13.5. The van der Waals surface area contributed by atoms with Gasteiger partial charge in [-0.05, 0) is 30.2 Å². The number of nitrogens with zero attached hydrogens (tertiary/aromatic N) is 1. The van der Waals surface area contributed by atoms with Crippen molar-refractivity contribution in [2.45, 2.75) is 26.7 Å². The Hall–Kier alpha value is -2.04. The number of benzene rings is 1. The molecule has 0 aromatic heterocycles. The van der Waals surface area contributed by atoms with Gasteiger partial charge in [-0.2, -0.15) is 0 Å². The summed E-state index contributed by atoms with van der Waals surface area (Å²) in [5.41, 5.74) is 0.877. The van der Waals surface area contributed by atoms with E-state index in [-0.39, 0.29) is 17.7 Å². The highest BCUT2D eigenvalue weighted by Crippen LogP contribution is 2.26. The molecule has 1 atom stereocenters. The fourth-order valence-electron chi connectivity index (χ4n) is 2.63. The van der Waals surface area contributed by atoms with E-state index in [0.29, 0.717) is 31.8 Å². The number of nitrogens with one attached hydrogen (secondary N) is 1. The van der Waals surface area contributed by atoms with E-state index in [9.17, 15) is 9.59 Å². The molecule has 2 amide bonds. The van der Waals surface area contributed by atoms with Gasteiger partial charge in [-0.1, -0.05) is 13.8 Å². The molecule has 1 aromatic rings. The molecule has 120 valence electrons. The van der Waals surface area contributed by atoms with Gasteiger partial charge in [-0.25, -0.2) is 0 Å². The maximum Gasteiger partial charge on any atom is 0.227 e. The highest BCUT2D eigenvalue weighted by Gasteiger charge is 2.30. The Balaban J connectivity index is 1.88. The third-order valence-corrected chi connectivity index (χ3v) is 3.77. The molecule has 0 saturated carbocycles. The molecule has 2 rings (SSSR count). The maximum atomic E-state index is 12.1. The Morgan fingerprint density at radius 3 is 2.64 bits per heavy atom. The van der Waals surface area contributed by atoms with Gasteiger partial charge in [0.15, 0.2) is 0 Å². The topological polar surface area (TPSA) is 58.6 Å². The first kappa shape index (κ1) is 16.3. The third kappa shape index (κ3) is 4.23. The molecule has 1 N–H and O–H groups in total. The number of hydrogen-bond donors (Lipinski definition) is 1. The lowest BCUT2D eigenvalue weighted by atomic mass is 10.1. The quantitative estimate of drug-likeness (QED) is 0.876. The van der Waals surface area contributed by atoms with Crippen LogP contribution in [-0.4, -0.2) is 32.0 Å². The van der Waals surface area contributed by atoms with Crippen LogP contribution in [0.1, 0.15) is 26.7 Å². The lowest BCUT2D eigenvalue weighted by Gasteiger charge is -2.17. The van der Waals surface area contributed by atoms with E-state index in [1.54, 1.807) is 12.0 Å². The first-order chi connectivity index (χ1) is 10.5. The highest BCUT2D eigenvalue weighted by atomic mass is 16.5. The molecule has 5 nitrogen and oxygen atoms in total. The summed E-state index contributed by atoms with van der Waals surface area (Å²) in [6.45, 7) is 5.24. The van der Waals surface area contributed by atoms with Crippen LogP contribution in [0, 0.1) is 11.8 Å². The number of ether oxygens (including phenoxy) is 1. The minimum atomic E-state index is 0.0605. The second-order valence-corrected chi connectivity index (χ2v) is 6.17. The summed E-state index contributed by atoms with van der Waals surface area (Å²) >= 11 is 0. The third-order valence-electron chi connectivity index (χ3n) is 3.77. The zero-order valence-electron chi connectivity index (χ0n) is 13.5. The van der Waals surface area contributed by atoms with Gasteiger partial charge in [0, 0.05) is 37.5 Å². The number of anilines is 1. The minimum Gasteiger partial charge on any atom is -0.497 e. The van der Waals surface area contributed by atoms with E-state index in [1.807, 2.05) is 38.1 Å². The van der Waals surface area contributed by atoms with Gasteiger partial charge in [-0.15, -0.1) is 0 Å². The van der Waals surface area contributed by atoms with Gasteiger partial charge >= 0.3 is 0 Å². The SMILES string of the molecule is COc1ccc(N2C[C@@H](CNC(=O)CC(C)C)CC2=O)cc1. The lowest BCUT2D eigenvalue weighted by Crippen LogP contribution is -2.31. The monoisotopic (exact) mass is 304 g/mol. The Kier molecular flexibility index (Phi) is 5.41. The van der Waals surface area contributed by atoms with Crippen molar-refractivity contribution in [3.05, 3.63) is 24.3 Å². The van der Waals surface area contributed by atoms with Crippen molar-refractivity contribution < 1.29 is 14.3 Å². The number of hydrogen-bond acceptors (Lipinski definition) is 3. The molecule has 0 unspecified atom stereocenters. The predicted octanol–water partition coefficient (Wildman–Crippen LogP) is 2.21. The van der Waals surface area contributed by atoms with Crippen LogP contribution in [0.5, 0.6) is 5.75 Å². The molecule has 1 aliphatic heterocycles. The van der Waals surface area contributed by atoms with Gasteiger partial charge in [-0.3, -0.25) is 9.59 Å². The molecule has 0 bridgehead atoms. The van der Waals surface area contributed by atoms with Gasteiger partial charge in [0.05, 0.1) is 7.11 Å². The minimum absolute atomic E-state index is 0.0605. The summed E-state index contributed by atoms with van der Waals surface area (Å²) < 4.78 is 5.13. The molecule has 1 fully saturated rings. The smallest absolute Gasteiger partial charge is 0.227 e. The molecule has 0 radical (unpaired) electrons. The Bertz CT molecular complexity index is 525. The molecule has 22 heavy (non-hydrogen) atoms. The lowest BCUT2D eigenvalue weighted by molar-refractivity contribution is -0.122. The van der Waals surface area contributed by atoms with Crippen molar-refractivity contribution in [1.29, 1.82) is 0 Å². The normalized spacial score (nSPS) is 17.9. The largest absolute Gasteiger partial charge is 0.497 e. The Morgan fingerprint density at radius 1 is 1.36 bits per heavy atom. The van der Waals surface area contributed by atoms with Crippen LogP contribution < -0.4 is 15.0 Å². The Morgan fingerprint density at radius 2 is 2.05 bits per heavy atom. The van der Waals surface area contributed by atoms with Crippen LogP contribution in [-0.2, 0) is 9.59 Å². The molecule has 0 spiro atoms. The average molecular weight is 304 g/mol. The maximum absolute atomic E-state index is 12.1. The summed E-state index contributed by atoms with van der Waals surface area (Å²) in [5, 5.41) is 2.93. The summed E-state index contributed by atoms with van der Waals surface area (Å²) in [5.74, 6) is 1.46. The fourth-order valence-corrected chi connectivity index (χ4v) is 2.63. The molecule has 1 aromatic carbocycles. The van der Waals surface area contributed by atoms with Crippen molar-refractivity contribution in [2.24, 2.45) is 11.8 Å². The van der Waals surface area contributed by atoms with E-state index >= 15 is 0 Å². The summed E-state index contributed by atoms with van der Waals surface area (Å²) in [7, 11) is 1.62. The van der Waals surface area contributed by atoms with Crippen LogP contribution in [0.3, 0.4) is 0 Å². The van der Waals surface area contributed by atoms with Crippen LogP contribution in [0.4, 0.5) is 5.69 Å². The number of methoxy groups -OCH3 is 1. The predicted molar refractivity (Wildman–Crippen MR) is 85.9 cm³/mol. The first-order valence-electron chi connectivity index (χ1n) is 7.70. The fraction of sp³-hybridized carbons (Fsp3) is 0.529. The van der Waals surface area contributed by atoms with Gasteiger partial charge < -0.3 is 15.0 Å². The van der Waals surface area contributed by atoms with Gasteiger partial charge in [0.25, 0.3) is 0 Å². The van der Waals surface area contributed by atoms with Crippen molar-refractivity contribution in [2.75, 3.05) is 25.1 Å². The van der Waals surface area contributed by atoms with Crippen molar-refractivity contribution in [3.8, 4) is 5.75 Å². The molecule has 1 aliphatic rings. The second kappa shape index (κ2) is 7.29. The van der Waals surface area contributed by atoms with Crippen molar-refractivity contribution in [3.63, 3.8) is 0 Å². The van der Waals surface area contributed by atoms with E-state index in [4.69, 9.17) is 4.74 Å². The first-order valence-corrected chi connectivity index (χ1v) is 7.70. The number of rotatable bonds is 6. The molecular formula is C17H24N2O3. The molecule has 0 aliphatic carbocycles. The van der Waals surface area contributed by atoms with Crippen molar-refractivity contribution in [1.82, 2.24) is 5.32 Å². The Labute approximate surface area is 131 Å². The van der Waals surface area contributed by atoms with Gasteiger partial charge in [0.1, 0.15) is 5.75 Å². The van der Waals surface area contributed by atoms with Crippen molar-refractivity contribution >= 4 is 17.5 Å². The van der Waals surface area contributed by atoms with Crippen LogP contribution >= 0.6 is 0 Å². The average Bonchev–Trinajstić information content (AvgIpc) is 2.86. The van der Waals surface area contributed by atoms with Gasteiger partial charge in [0.2, 0.25) is 11.8 Å². The molecule has 1 saturated heterocycles. The molecule has 1 heterocycles. The summed E-state index contributed by atoms with van der Waals surface area (Å²) in [4.78, 5) is 25.6. The molecule has 5 heteroatoms. The van der Waals surface area contributed by atoms with E-state index < -0.39 is 0 Å². The molecular weight excluding hydrogens is 280 g/mol. The van der Waals surface area contributed by atoms with E-state index in [1.165, 1.54) is 0 Å². The van der Waals surface area contributed by atoms with E-state index in [2.05, 4.69) is 5.32 Å². The van der Waals surface area contributed by atoms with E-state index in [0.717, 1.165) is 11.4 Å². The highest BCUT2D eigenvalue weighted by molar-refractivity contribution is 5.95. The zero-order chi connectivity index (χ0) is 16.1. The number of carbonyl (C=O) groups excluding carboxylic acids is 2. The number of carbonyl (C=O) groups is 2. The van der Waals surface area contributed by atoms with Crippen LogP contribution in [0.15, 0.2) is 24.3 Å². The summed E-state index contributed by atoms with van der Waals surface area (Å²) in [6.07, 6.45) is 1.01. The van der Waals surface area contributed by atoms with Crippen LogP contribution in [0.2, 0.25) is 0 Å². The number of amides is 2. The van der Waals surface area contributed by atoms with Crippen LogP contribution in [0.25, 0.3) is 0 Å². The standard InChI is InChI=1S/C17H24N2O3/c1-12(2)8-16(20)18-10-13-9-17(21)19(11-13)14-4-6-15(22-3)7-5-14/h4-7,12-13H,8-11H2,1-3H3,(H,18,20)/t13-/m1/s1.